The average molecular weight is 514 g/mol. The summed E-state index contributed by atoms with van der Waals surface area (Å²) in [4.78, 5) is 26.6. The normalized spacial score (nSPS) is 11.7. The van der Waals surface area contributed by atoms with E-state index < -0.39 is 6.04 Å². The third-order valence-corrected chi connectivity index (χ3v) is 6.07. The monoisotopic (exact) mass is 512 g/mol. The number of nitrogens with one attached hydrogen (secondary N) is 1. The first-order valence-electron chi connectivity index (χ1n) is 8.48. The van der Waals surface area contributed by atoms with Gasteiger partial charge in [-0.1, -0.05) is 56.1 Å². The Morgan fingerprint density at radius 3 is 2.41 bits per heavy atom. The first kappa shape index (κ1) is 22.0. The zero-order valence-corrected chi connectivity index (χ0v) is 19.2. The molecule has 0 fully saturated rings. The molecule has 0 unspecified atom stereocenters. The SMILES string of the molecule is CNC(=O)[C@@H](C)N(Cc1cccc(Br)c1)C(=O)CSCc1ccc(Br)cc1. The Balaban J connectivity index is 2.03. The number of amides is 2. The minimum Gasteiger partial charge on any atom is -0.357 e. The van der Waals surface area contributed by atoms with Gasteiger partial charge in [-0.15, -0.1) is 11.8 Å². The third kappa shape index (κ3) is 6.97. The van der Waals surface area contributed by atoms with E-state index in [0.29, 0.717) is 12.3 Å². The zero-order chi connectivity index (χ0) is 19.8. The van der Waals surface area contributed by atoms with Crippen LogP contribution in [0.5, 0.6) is 0 Å². The van der Waals surface area contributed by atoms with Crippen molar-refractivity contribution in [1.29, 1.82) is 0 Å². The van der Waals surface area contributed by atoms with Crippen LogP contribution in [0.4, 0.5) is 0 Å². The van der Waals surface area contributed by atoms with Gasteiger partial charge in [0, 0.05) is 28.3 Å². The summed E-state index contributed by atoms with van der Waals surface area (Å²) in [6.45, 7) is 2.15. The molecular formula is C20H22Br2N2O2S. The topological polar surface area (TPSA) is 49.4 Å². The number of hydrogen-bond donors (Lipinski definition) is 1. The molecule has 0 heterocycles. The first-order chi connectivity index (χ1) is 12.9. The Hall–Kier alpha value is -1.31. The molecule has 7 heteroatoms. The van der Waals surface area contributed by atoms with E-state index in [1.165, 1.54) is 0 Å². The van der Waals surface area contributed by atoms with E-state index in [1.807, 2.05) is 48.5 Å². The van der Waals surface area contributed by atoms with E-state index in [-0.39, 0.29) is 11.8 Å². The van der Waals surface area contributed by atoms with Crippen molar-refractivity contribution in [3.63, 3.8) is 0 Å². The van der Waals surface area contributed by atoms with E-state index in [2.05, 4.69) is 37.2 Å². The van der Waals surface area contributed by atoms with Crippen molar-refractivity contribution in [3.05, 3.63) is 68.6 Å². The Morgan fingerprint density at radius 2 is 1.78 bits per heavy atom. The minimum absolute atomic E-state index is 0.0480. The zero-order valence-electron chi connectivity index (χ0n) is 15.2. The highest BCUT2D eigenvalue weighted by Gasteiger charge is 2.25. The van der Waals surface area contributed by atoms with Gasteiger partial charge in [-0.25, -0.2) is 0 Å². The molecule has 27 heavy (non-hydrogen) atoms. The molecule has 2 aromatic carbocycles. The number of benzene rings is 2. The molecule has 2 aromatic rings. The first-order valence-corrected chi connectivity index (χ1v) is 11.2. The molecule has 0 aromatic heterocycles. The Labute approximate surface area is 181 Å². The smallest absolute Gasteiger partial charge is 0.242 e. The molecule has 2 amide bonds. The molecule has 4 nitrogen and oxygen atoms in total. The summed E-state index contributed by atoms with van der Waals surface area (Å²) in [5.74, 6) is 0.855. The minimum atomic E-state index is -0.533. The lowest BCUT2D eigenvalue weighted by atomic mass is 10.1. The van der Waals surface area contributed by atoms with Crippen LogP contribution in [0, 0.1) is 0 Å². The van der Waals surface area contributed by atoms with Gasteiger partial charge >= 0.3 is 0 Å². The van der Waals surface area contributed by atoms with Gasteiger partial charge in [-0.2, -0.15) is 0 Å². The quantitative estimate of drug-likeness (QED) is 0.560. The standard InChI is InChI=1S/C20H22Br2N2O2S/c1-14(20(26)23-2)24(11-16-4-3-5-18(22)10-16)19(25)13-27-12-15-6-8-17(21)9-7-15/h3-10,14H,11-13H2,1-2H3,(H,23,26)/t14-/m1/s1. The van der Waals surface area contributed by atoms with Crippen LogP contribution in [-0.4, -0.2) is 35.6 Å². The molecule has 0 bridgehead atoms. The summed E-state index contributed by atoms with van der Waals surface area (Å²) >= 11 is 8.42. The van der Waals surface area contributed by atoms with Crippen LogP contribution in [0.3, 0.4) is 0 Å². The van der Waals surface area contributed by atoms with Gasteiger partial charge < -0.3 is 10.2 Å². The van der Waals surface area contributed by atoms with Crippen LogP contribution in [0.2, 0.25) is 0 Å². The summed E-state index contributed by atoms with van der Waals surface area (Å²) in [7, 11) is 1.59. The number of halogens is 2. The fourth-order valence-corrected chi connectivity index (χ4v) is 4.12. The van der Waals surface area contributed by atoms with Crippen LogP contribution in [0.15, 0.2) is 57.5 Å². The second-order valence-corrected chi connectivity index (χ2v) is 8.88. The average Bonchev–Trinajstić information content (AvgIpc) is 2.66. The predicted molar refractivity (Wildman–Crippen MR) is 119 cm³/mol. The molecule has 0 saturated carbocycles. The molecule has 0 spiro atoms. The van der Waals surface area contributed by atoms with E-state index in [4.69, 9.17) is 0 Å². The molecule has 1 atom stereocenters. The highest BCUT2D eigenvalue weighted by molar-refractivity contribution is 9.10. The van der Waals surface area contributed by atoms with Gasteiger partial charge in [-0.3, -0.25) is 9.59 Å². The summed E-state index contributed by atoms with van der Waals surface area (Å²) < 4.78 is 1.98. The Kier molecular flexibility index (Phi) is 8.86. The van der Waals surface area contributed by atoms with E-state index in [1.54, 1.807) is 30.6 Å². The van der Waals surface area contributed by atoms with Crippen LogP contribution >= 0.6 is 43.6 Å². The second-order valence-electron chi connectivity index (χ2n) is 6.06. The fourth-order valence-electron chi connectivity index (χ4n) is 2.54. The Morgan fingerprint density at radius 1 is 1.07 bits per heavy atom. The molecule has 0 aliphatic rings. The molecular weight excluding hydrogens is 492 g/mol. The van der Waals surface area contributed by atoms with Crippen molar-refractivity contribution < 1.29 is 9.59 Å². The summed E-state index contributed by atoms with van der Waals surface area (Å²) in [6, 6.07) is 15.3. The van der Waals surface area contributed by atoms with E-state index >= 15 is 0 Å². The van der Waals surface area contributed by atoms with E-state index in [0.717, 1.165) is 25.8 Å². The maximum absolute atomic E-state index is 12.8. The predicted octanol–water partition coefficient (Wildman–Crippen LogP) is 4.61. The molecule has 1 N–H and O–H groups in total. The molecule has 2 rings (SSSR count). The lowest BCUT2D eigenvalue weighted by Crippen LogP contribution is -2.47. The molecule has 144 valence electrons. The summed E-state index contributed by atoms with van der Waals surface area (Å²) in [5, 5.41) is 2.63. The highest BCUT2D eigenvalue weighted by Crippen LogP contribution is 2.19. The fraction of sp³-hybridized carbons (Fsp3) is 0.300. The largest absolute Gasteiger partial charge is 0.357 e. The highest BCUT2D eigenvalue weighted by atomic mass is 79.9. The van der Waals surface area contributed by atoms with Crippen LogP contribution in [-0.2, 0) is 21.9 Å². The van der Waals surface area contributed by atoms with Gasteiger partial charge in [0.2, 0.25) is 11.8 Å². The maximum atomic E-state index is 12.8. The summed E-state index contributed by atoms with van der Waals surface area (Å²) in [6.07, 6.45) is 0. The van der Waals surface area contributed by atoms with Crippen molar-refractivity contribution >= 4 is 55.4 Å². The number of hydrogen-bond acceptors (Lipinski definition) is 3. The van der Waals surface area contributed by atoms with Crippen LogP contribution in [0.25, 0.3) is 0 Å². The van der Waals surface area contributed by atoms with Crippen molar-refractivity contribution in [3.8, 4) is 0 Å². The van der Waals surface area contributed by atoms with Crippen LogP contribution in [0.1, 0.15) is 18.1 Å². The number of likely N-dealkylation sites (N-methyl/N-ethyl adjacent to an activating group) is 1. The molecule has 0 aliphatic carbocycles. The van der Waals surface area contributed by atoms with Gasteiger partial charge in [0.15, 0.2) is 0 Å². The number of rotatable bonds is 8. The van der Waals surface area contributed by atoms with Crippen molar-refractivity contribution in [1.82, 2.24) is 10.2 Å². The summed E-state index contributed by atoms with van der Waals surface area (Å²) in [5.41, 5.74) is 2.14. The third-order valence-electron chi connectivity index (χ3n) is 4.06. The van der Waals surface area contributed by atoms with Crippen LogP contribution < -0.4 is 5.32 Å². The van der Waals surface area contributed by atoms with Crippen molar-refractivity contribution in [2.24, 2.45) is 0 Å². The number of carbonyl (C=O) groups is 2. The molecule has 0 aliphatic heterocycles. The lowest BCUT2D eigenvalue weighted by Gasteiger charge is -2.28. The van der Waals surface area contributed by atoms with Gasteiger partial charge in [0.25, 0.3) is 0 Å². The number of thioether (sulfide) groups is 1. The van der Waals surface area contributed by atoms with Gasteiger partial charge in [-0.05, 0) is 42.3 Å². The molecule has 0 saturated heterocycles. The van der Waals surface area contributed by atoms with Gasteiger partial charge in [0.05, 0.1) is 5.75 Å². The second kappa shape index (κ2) is 10.9. The number of nitrogens with zero attached hydrogens (tertiary/aromatic N) is 1. The van der Waals surface area contributed by atoms with Crippen molar-refractivity contribution in [2.75, 3.05) is 12.8 Å². The Bertz CT molecular complexity index is 784. The van der Waals surface area contributed by atoms with Gasteiger partial charge in [0.1, 0.15) is 6.04 Å². The van der Waals surface area contributed by atoms with E-state index in [9.17, 15) is 9.59 Å². The molecule has 0 radical (unpaired) electrons. The van der Waals surface area contributed by atoms with Crippen molar-refractivity contribution in [2.45, 2.75) is 25.3 Å². The number of carbonyl (C=O) groups excluding carboxylic acids is 2. The lowest BCUT2D eigenvalue weighted by molar-refractivity contribution is -0.138. The maximum Gasteiger partial charge on any atom is 0.242 e.